The fourth-order valence-corrected chi connectivity index (χ4v) is 5.96. The van der Waals surface area contributed by atoms with Crippen LogP contribution in [-0.2, 0) is 17.7 Å². The van der Waals surface area contributed by atoms with Crippen LogP contribution in [0.15, 0.2) is 41.3 Å². The summed E-state index contributed by atoms with van der Waals surface area (Å²) in [6.45, 7) is 9.38. The summed E-state index contributed by atoms with van der Waals surface area (Å²) in [6.07, 6.45) is 15.6. The quantitative estimate of drug-likeness (QED) is 0.189. The monoisotopic (exact) mass is 603 g/mol. The number of ether oxygens (including phenoxy) is 1. The molecular formula is C37H50FN3O3. The number of nitrogens with zero attached hydrogens (tertiary/aromatic N) is 1. The van der Waals surface area contributed by atoms with E-state index in [2.05, 4.69) is 55.7 Å². The molecule has 6 nitrogen and oxygen atoms in total. The average Bonchev–Trinajstić information content (AvgIpc) is 3.02. The van der Waals surface area contributed by atoms with Crippen LogP contribution in [0.25, 0.3) is 23.1 Å². The standard InChI is InChI=1S/C37H50FN3O3/c1-4-6-8-13-27(3)18-21-40-37(43)32-26-41-22-19-29-15-10-9-14-28(29)16-11-17-30-34(39-20-12-24-44-23-7-5-2)33(38)25-31(35(30)41)36(32)42/h9-10,14-16,19,25-27,39H,4-8,11-13,17-18,20-24H2,1-3H3,(H,40,43)/b28-16-,29-19-. The highest BCUT2D eigenvalue weighted by atomic mass is 19.1. The molecule has 2 heterocycles. The smallest absolute Gasteiger partial charge is 0.256 e. The predicted molar refractivity (Wildman–Crippen MR) is 180 cm³/mol. The van der Waals surface area contributed by atoms with Crippen molar-refractivity contribution in [2.24, 2.45) is 5.92 Å². The Labute approximate surface area is 261 Å². The molecule has 1 atom stereocenters. The zero-order valence-corrected chi connectivity index (χ0v) is 26.9. The number of rotatable bonds is 16. The molecule has 2 aromatic carbocycles. The van der Waals surface area contributed by atoms with E-state index in [-0.39, 0.29) is 10.9 Å². The van der Waals surface area contributed by atoms with Crippen molar-refractivity contribution in [3.63, 3.8) is 0 Å². The maximum Gasteiger partial charge on any atom is 0.256 e. The molecule has 0 saturated heterocycles. The van der Waals surface area contributed by atoms with Crippen LogP contribution in [-0.4, -0.2) is 36.8 Å². The minimum Gasteiger partial charge on any atom is -0.382 e. The van der Waals surface area contributed by atoms with Gasteiger partial charge in [0.2, 0.25) is 5.43 Å². The summed E-state index contributed by atoms with van der Waals surface area (Å²) in [7, 11) is 0. The fourth-order valence-electron chi connectivity index (χ4n) is 5.96. The number of benzene rings is 2. The summed E-state index contributed by atoms with van der Waals surface area (Å²) in [5.74, 6) is -0.375. The molecule has 2 N–H and O–H groups in total. The van der Waals surface area contributed by atoms with Gasteiger partial charge < -0.3 is 19.9 Å². The number of aryl methyl sites for hydroxylation is 1. The normalized spacial score (nSPS) is 15.0. The van der Waals surface area contributed by atoms with Gasteiger partial charge in [-0.15, -0.1) is 0 Å². The van der Waals surface area contributed by atoms with Crippen molar-refractivity contribution >= 4 is 34.6 Å². The minimum atomic E-state index is -0.469. The largest absolute Gasteiger partial charge is 0.382 e. The molecule has 4 rings (SSSR count). The lowest BCUT2D eigenvalue weighted by Crippen LogP contribution is -2.32. The van der Waals surface area contributed by atoms with Crippen molar-refractivity contribution in [2.45, 2.75) is 91.5 Å². The van der Waals surface area contributed by atoms with E-state index in [9.17, 15) is 9.59 Å². The Morgan fingerprint density at radius 3 is 2.52 bits per heavy atom. The Kier molecular flexibility index (Phi) is 13.0. The van der Waals surface area contributed by atoms with Crippen LogP contribution in [0.2, 0.25) is 0 Å². The molecule has 0 fully saturated rings. The van der Waals surface area contributed by atoms with Gasteiger partial charge in [0.1, 0.15) is 11.4 Å². The average molecular weight is 604 g/mol. The molecule has 1 aliphatic rings. The van der Waals surface area contributed by atoms with E-state index in [0.29, 0.717) is 56.2 Å². The van der Waals surface area contributed by atoms with E-state index in [1.807, 2.05) is 16.7 Å². The Bertz CT molecular complexity index is 1580. The number of nitrogens with one attached hydrogen (secondary N) is 2. The summed E-state index contributed by atoms with van der Waals surface area (Å²) in [6, 6.07) is 9.50. The summed E-state index contributed by atoms with van der Waals surface area (Å²) in [5.41, 5.74) is 1.50. The van der Waals surface area contributed by atoms with Crippen LogP contribution in [0, 0.1) is 11.7 Å². The third kappa shape index (κ3) is 8.81. The number of carbonyl (C=O) groups is 1. The number of hydrogen-bond donors (Lipinski definition) is 2. The third-order valence-electron chi connectivity index (χ3n) is 8.55. The molecule has 0 saturated carbocycles. The van der Waals surface area contributed by atoms with E-state index in [4.69, 9.17) is 4.74 Å². The number of carbonyl (C=O) groups excluding carboxylic acids is 1. The summed E-state index contributed by atoms with van der Waals surface area (Å²) >= 11 is 0. The highest BCUT2D eigenvalue weighted by Gasteiger charge is 2.22. The van der Waals surface area contributed by atoms with Crippen LogP contribution in [0.5, 0.6) is 0 Å². The predicted octanol–water partition coefficient (Wildman–Crippen LogP) is 6.30. The van der Waals surface area contributed by atoms with Crippen molar-refractivity contribution in [3.05, 3.63) is 74.1 Å². The molecule has 1 aromatic heterocycles. The van der Waals surface area contributed by atoms with Gasteiger partial charge in [-0.1, -0.05) is 89.3 Å². The number of anilines is 1. The van der Waals surface area contributed by atoms with Gasteiger partial charge in [-0.05, 0) is 54.5 Å². The van der Waals surface area contributed by atoms with Crippen molar-refractivity contribution < 1.29 is 13.9 Å². The van der Waals surface area contributed by atoms with E-state index >= 15 is 4.39 Å². The van der Waals surface area contributed by atoms with E-state index in [1.54, 1.807) is 6.20 Å². The zero-order valence-electron chi connectivity index (χ0n) is 26.9. The first-order chi connectivity index (χ1) is 21.4. The van der Waals surface area contributed by atoms with Crippen molar-refractivity contribution in [1.29, 1.82) is 0 Å². The first-order valence-corrected chi connectivity index (χ1v) is 16.7. The van der Waals surface area contributed by atoms with E-state index < -0.39 is 17.2 Å². The second-order valence-corrected chi connectivity index (χ2v) is 12.1. The van der Waals surface area contributed by atoms with Crippen molar-refractivity contribution in [1.82, 2.24) is 9.88 Å². The minimum absolute atomic E-state index is 0.0525. The molecule has 0 aliphatic carbocycles. The molecule has 44 heavy (non-hydrogen) atoms. The Balaban J connectivity index is 1.67. The van der Waals surface area contributed by atoms with Gasteiger partial charge in [-0.3, -0.25) is 9.59 Å². The van der Waals surface area contributed by atoms with Gasteiger partial charge in [-0.25, -0.2) is 4.39 Å². The molecular weight excluding hydrogens is 553 g/mol. The second-order valence-electron chi connectivity index (χ2n) is 12.1. The SMILES string of the molecule is CCCCCC(C)CCNC(=O)c1cn2c3c(c(NCCCOCCCC)c(F)cc3c1=O)CC/C=c1/cccc/c1=C/C2. The number of halogens is 1. The van der Waals surface area contributed by atoms with E-state index in [0.717, 1.165) is 54.7 Å². The lowest BCUT2D eigenvalue weighted by atomic mass is 9.98. The third-order valence-corrected chi connectivity index (χ3v) is 8.55. The van der Waals surface area contributed by atoms with Gasteiger partial charge >= 0.3 is 0 Å². The van der Waals surface area contributed by atoms with Crippen LogP contribution in [0.3, 0.4) is 0 Å². The topological polar surface area (TPSA) is 72.4 Å². The molecule has 3 aromatic rings. The Hall–Kier alpha value is -3.45. The molecule has 1 amide bonds. The number of aromatic nitrogens is 1. The highest BCUT2D eigenvalue weighted by molar-refractivity contribution is 5.98. The van der Waals surface area contributed by atoms with Gasteiger partial charge in [0.15, 0.2) is 0 Å². The zero-order chi connectivity index (χ0) is 31.3. The lowest BCUT2D eigenvalue weighted by molar-refractivity contribution is 0.0950. The van der Waals surface area contributed by atoms with Crippen molar-refractivity contribution in [2.75, 3.05) is 31.6 Å². The summed E-state index contributed by atoms with van der Waals surface area (Å²) in [5, 5.41) is 8.74. The van der Waals surface area contributed by atoms with Crippen molar-refractivity contribution in [3.8, 4) is 0 Å². The lowest BCUT2D eigenvalue weighted by Gasteiger charge is -2.20. The molecule has 238 valence electrons. The Morgan fingerprint density at radius 2 is 1.75 bits per heavy atom. The van der Waals surface area contributed by atoms with Crippen LogP contribution < -0.4 is 26.5 Å². The molecule has 7 heteroatoms. The Morgan fingerprint density at radius 1 is 1.00 bits per heavy atom. The van der Waals surface area contributed by atoms with Crippen LogP contribution >= 0.6 is 0 Å². The highest BCUT2D eigenvalue weighted by Crippen LogP contribution is 2.30. The van der Waals surface area contributed by atoms with Crippen LogP contribution in [0.4, 0.5) is 10.1 Å². The van der Waals surface area contributed by atoms with Gasteiger partial charge in [-0.2, -0.15) is 0 Å². The van der Waals surface area contributed by atoms with Gasteiger partial charge in [0.25, 0.3) is 5.91 Å². The van der Waals surface area contributed by atoms with Gasteiger partial charge in [0, 0.05) is 50.0 Å². The van der Waals surface area contributed by atoms with Crippen LogP contribution in [0.1, 0.15) is 94.5 Å². The number of pyridine rings is 1. The molecule has 1 aliphatic heterocycles. The van der Waals surface area contributed by atoms with Gasteiger partial charge in [0.05, 0.1) is 11.2 Å². The first kappa shape index (κ1) is 33.4. The summed E-state index contributed by atoms with van der Waals surface area (Å²) < 4.78 is 23.5. The number of hydrogen-bond acceptors (Lipinski definition) is 4. The first-order valence-electron chi connectivity index (χ1n) is 16.7. The van der Waals surface area contributed by atoms with E-state index in [1.165, 1.54) is 25.3 Å². The molecule has 0 radical (unpaired) electrons. The fraction of sp³-hybridized carbons (Fsp3) is 0.514. The molecule has 0 bridgehead atoms. The maximum absolute atomic E-state index is 15.8. The second kappa shape index (κ2) is 17.1. The molecule has 0 spiro atoms. The number of amides is 1. The molecule has 1 unspecified atom stereocenters. The summed E-state index contributed by atoms with van der Waals surface area (Å²) in [4.78, 5) is 27.1. The number of unbranched alkanes of at least 4 members (excludes halogenated alkanes) is 3. The number of fused-ring (bicyclic) bond motifs is 1. The maximum atomic E-state index is 15.8.